The predicted octanol–water partition coefficient (Wildman–Crippen LogP) is -0.266. The second-order valence-electron chi connectivity index (χ2n) is 3.49. The quantitative estimate of drug-likeness (QED) is 0.489. The summed E-state index contributed by atoms with van der Waals surface area (Å²) >= 11 is 0. The van der Waals surface area contributed by atoms with Crippen molar-refractivity contribution in [3.63, 3.8) is 0 Å². The van der Waals surface area contributed by atoms with E-state index in [1.807, 2.05) is 0 Å². The average Bonchev–Trinajstić information content (AvgIpc) is 2.82. The smallest absolute Gasteiger partial charge is 0.256 e. The van der Waals surface area contributed by atoms with Crippen molar-refractivity contribution in [2.45, 2.75) is 0 Å². The first-order valence-electron chi connectivity index (χ1n) is 5.36. The van der Waals surface area contributed by atoms with E-state index in [4.69, 9.17) is 4.74 Å². The van der Waals surface area contributed by atoms with Crippen molar-refractivity contribution in [3.05, 3.63) is 17.8 Å². The molecule has 1 aromatic rings. The number of fused-ring (bicyclic) bond motifs is 1. The lowest BCUT2D eigenvalue weighted by atomic mass is 10.3. The van der Waals surface area contributed by atoms with Crippen molar-refractivity contribution in [2.75, 3.05) is 38.3 Å². The van der Waals surface area contributed by atoms with Gasteiger partial charge in [-0.15, -0.1) is 0 Å². The molecule has 2 aliphatic rings. The SMILES string of the molecule is C1COCCN1.O=C1NCNc2[nH]ccc21. The van der Waals surface area contributed by atoms with E-state index in [-0.39, 0.29) is 5.91 Å². The number of rotatable bonds is 0. The van der Waals surface area contributed by atoms with Gasteiger partial charge in [0.25, 0.3) is 5.91 Å². The van der Waals surface area contributed by atoms with Crippen LogP contribution in [0, 0.1) is 0 Å². The molecule has 0 radical (unpaired) electrons. The molecule has 0 spiro atoms. The fourth-order valence-electron chi connectivity index (χ4n) is 1.53. The van der Waals surface area contributed by atoms with E-state index in [2.05, 4.69) is 20.9 Å². The predicted molar refractivity (Wildman–Crippen MR) is 60.4 cm³/mol. The molecule has 1 aromatic heterocycles. The highest BCUT2D eigenvalue weighted by atomic mass is 16.5. The molecule has 2 aliphatic heterocycles. The summed E-state index contributed by atoms with van der Waals surface area (Å²) < 4.78 is 5.01. The van der Waals surface area contributed by atoms with Gasteiger partial charge in [-0.05, 0) is 6.07 Å². The molecule has 0 aromatic carbocycles. The Kier molecular flexibility index (Phi) is 3.79. The van der Waals surface area contributed by atoms with Gasteiger partial charge in [-0.25, -0.2) is 0 Å². The fraction of sp³-hybridized carbons (Fsp3) is 0.500. The Morgan fingerprint density at radius 3 is 2.56 bits per heavy atom. The molecule has 16 heavy (non-hydrogen) atoms. The molecule has 0 bridgehead atoms. The zero-order valence-electron chi connectivity index (χ0n) is 9.01. The number of ether oxygens (including phenoxy) is 1. The maximum atomic E-state index is 11.0. The molecule has 1 saturated heterocycles. The lowest BCUT2D eigenvalue weighted by molar-refractivity contribution is 0.0953. The number of amides is 1. The number of morpholine rings is 1. The Morgan fingerprint density at radius 2 is 2.00 bits per heavy atom. The molecule has 0 unspecified atom stereocenters. The number of aromatic amines is 1. The number of hydrogen-bond donors (Lipinski definition) is 4. The summed E-state index contributed by atoms with van der Waals surface area (Å²) in [5.41, 5.74) is 0.686. The molecular weight excluding hydrogens is 208 g/mol. The third-order valence-electron chi connectivity index (χ3n) is 2.35. The number of hydrogen-bond acceptors (Lipinski definition) is 4. The van der Waals surface area contributed by atoms with Crippen LogP contribution in [0.4, 0.5) is 5.82 Å². The zero-order chi connectivity index (χ0) is 11.2. The average molecular weight is 224 g/mol. The third-order valence-corrected chi connectivity index (χ3v) is 2.35. The monoisotopic (exact) mass is 224 g/mol. The van der Waals surface area contributed by atoms with Crippen LogP contribution in [-0.2, 0) is 4.74 Å². The molecule has 0 saturated carbocycles. The minimum absolute atomic E-state index is 0.0185. The molecule has 88 valence electrons. The first-order chi connectivity index (χ1) is 7.88. The van der Waals surface area contributed by atoms with Crippen molar-refractivity contribution in [3.8, 4) is 0 Å². The van der Waals surface area contributed by atoms with E-state index in [1.54, 1.807) is 12.3 Å². The minimum atomic E-state index is -0.0185. The largest absolute Gasteiger partial charge is 0.379 e. The number of anilines is 1. The Hall–Kier alpha value is -1.53. The first kappa shape index (κ1) is 11.0. The molecule has 3 rings (SSSR count). The highest BCUT2D eigenvalue weighted by Gasteiger charge is 2.15. The van der Waals surface area contributed by atoms with Gasteiger partial charge in [-0.1, -0.05) is 0 Å². The summed E-state index contributed by atoms with van der Waals surface area (Å²) in [6.07, 6.45) is 1.74. The van der Waals surface area contributed by atoms with Crippen molar-refractivity contribution in [2.24, 2.45) is 0 Å². The van der Waals surface area contributed by atoms with Crippen LogP contribution in [0.15, 0.2) is 12.3 Å². The van der Waals surface area contributed by atoms with Crippen molar-refractivity contribution < 1.29 is 9.53 Å². The zero-order valence-corrected chi connectivity index (χ0v) is 9.01. The first-order valence-corrected chi connectivity index (χ1v) is 5.36. The second-order valence-corrected chi connectivity index (χ2v) is 3.49. The van der Waals surface area contributed by atoms with Gasteiger partial charge >= 0.3 is 0 Å². The lowest BCUT2D eigenvalue weighted by Gasteiger charge is -2.13. The van der Waals surface area contributed by atoms with Crippen LogP contribution in [0.25, 0.3) is 0 Å². The van der Waals surface area contributed by atoms with E-state index < -0.39 is 0 Å². The van der Waals surface area contributed by atoms with Crippen molar-refractivity contribution in [1.82, 2.24) is 15.6 Å². The van der Waals surface area contributed by atoms with Gasteiger partial charge in [0.2, 0.25) is 0 Å². The number of H-pyrrole nitrogens is 1. The van der Waals surface area contributed by atoms with E-state index in [1.165, 1.54) is 0 Å². The fourth-order valence-corrected chi connectivity index (χ4v) is 1.53. The maximum absolute atomic E-state index is 11.0. The Balaban J connectivity index is 0.000000138. The van der Waals surface area contributed by atoms with Crippen molar-refractivity contribution >= 4 is 11.7 Å². The number of aromatic nitrogens is 1. The van der Waals surface area contributed by atoms with Gasteiger partial charge < -0.3 is 25.7 Å². The standard InChI is InChI=1S/C6H7N3O.C4H9NO/c10-6-4-1-2-7-5(4)8-3-9-6;1-3-6-4-2-5-1/h1-2,7-8H,3H2,(H,9,10);5H,1-4H2. The van der Waals surface area contributed by atoms with E-state index in [0.717, 1.165) is 32.1 Å². The number of nitrogens with one attached hydrogen (secondary N) is 4. The van der Waals surface area contributed by atoms with E-state index >= 15 is 0 Å². The van der Waals surface area contributed by atoms with Crippen LogP contribution in [0.5, 0.6) is 0 Å². The second kappa shape index (κ2) is 5.53. The Morgan fingerprint density at radius 1 is 1.19 bits per heavy atom. The topological polar surface area (TPSA) is 78.2 Å². The maximum Gasteiger partial charge on any atom is 0.256 e. The van der Waals surface area contributed by atoms with Gasteiger partial charge in [0.05, 0.1) is 25.4 Å². The molecule has 6 heteroatoms. The third kappa shape index (κ3) is 2.74. The van der Waals surface area contributed by atoms with Gasteiger partial charge in [0.15, 0.2) is 0 Å². The molecular formula is C10H16N4O2. The van der Waals surface area contributed by atoms with Crippen LogP contribution in [0.2, 0.25) is 0 Å². The van der Waals surface area contributed by atoms with E-state index in [0.29, 0.717) is 12.2 Å². The van der Waals surface area contributed by atoms with Crippen LogP contribution in [0.3, 0.4) is 0 Å². The van der Waals surface area contributed by atoms with Gasteiger partial charge in [0.1, 0.15) is 5.82 Å². The highest BCUT2D eigenvalue weighted by Crippen LogP contribution is 2.14. The molecule has 0 atom stereocenters. The van der Waals surface area contributed by atoms with Gasteiger partial charge in [-0.2, -0.15) is 0 Å². The summed E-state index contributed by atoms with van der Waals surface area (Å²) in [6.45, 7) is 4.34. The Labute approximate surface area is 93.7 Å². The summed E-state index contributed by atoms with van der Waals surface area (Å²) in [6, 6.07) is 1.75. The summed E-state index contributed by atoms with van der Waals surface area (Å²) in [4.78, 5) is 13.9. The molecule has 1 fully saturated rings. The molecule has 3 heterocycles. The van der Waals surface area contributed by atoms with Crippen LogP contribution >= 0.6 is 0 Å². The van der Waals surface area contributed by atoms with E-state index in [9.17, 15) is 4.79 Å². The highest BCUT2D eigenvalue weighted by molar-refractivity contribution is 6.00. The number of carbonyl (C=O) groups is 1. The lowest BCUT2D eigenvalue weighted by Crippen LogP contribution is -2.34. The normalized spacial score (nSPS) is 18.6. The molecule has 6 nitrogen and oxygen atoms in total. The molecule has 1 amide bonds. The summed E-state index contributed by atoms with van der Waals surface area (Å²) in [5, 5.41) is 8.80. The molecule has 4 N–H and O–H groups in total. The van der Waals surface area contributed by atoms with Crippen LogP contribution in [0.1, 0.15) is 10.4 Å². The van der Waals surface area contributed by atoms with Gasteiger partial charge in [-0.3, -0.25) is 4.79 Å². The van der Waals surface area contributed by atoms with Crippen LogP contribution < -0.4 is 16.0 Å². The molecule has 0 aliphatic carbocycles. The van der Waals surface area contributed by atoms with Crippen molar-refractivity contribution in [1.29, 1.82) is 0 Å². The minimum Gasteiger partial charge on any atom is -0.379 e. The number of carbonyl (C=O) groups excluding carboxylic acids is 1. The Bertz CT molecular complexity index is 335. The van der Waals surface area contributed by atoms with Crippen LogP contribution in [-0.4, -0.2) is 43.9 Å². The van der Waals surface area contributed by atoms with Gasteiger partial charge in [0, 0.05) is 19.3 Å². The summed E-state index contributed by atoms with van der Waals surface area (Å²) in [5.74, 6) is 0.791. The summed E-state index contributed by atoms with van der Waals surface area (Å²) in [7, 11) is 0.